The van der Waals surface area contributed by atoms with Crippen LogP contribution in [0.4, 0.5) is 0 Å². The van der Waals surface area contributed by atoms with E-state index in [1.165, 1.54) is 5.57 Å². The third-order valence-electron chi connectivity index (χ3n) is 11.0. The molecule has 0 aromatic heterocycles. The van der Waals surface area contributed by atoms with Crippen molar-refractivity contribution in [2.75, 3.05) is 0 Å². The van der Waals surface area contributed by atoms with Gasteiger partial charge in [0.05, 0.1) is 0 Å². The summed E-state index contributed by atoms with van der Waals surface area (Å²) >= 11 is 0. The Bertz CT molecular complexity index is 914. The van der Waals surface area contributed by atoms with Crippen molar-refractivity contribution in [3.05, 3.63) is 11.6 Å². The second-order valence-corrected chi connectivity index (χ2v) is 24.3. The summed E-state index contributed by atoms with van der Waals surface area (Å²) in [5, 5.41) is 0.211. The monoisotopic (exact) mass is 504 g/mol. The maximum absolute atomic E-state index is 13.8. The lowest BCUT2D eigenvalue weighted by atomic mass is 9.47. The average Bonchev–Trinajstić information content (AvgIpc) is 3.30. The van der Waals surface area contributed by atoms with Crippen molar-refractivity contribution in [3.63, 3.8) is 0 Å². The summed E-state index contributed by atoms with van der Waals surface area (Å²) in [6.07, 6.45) is 8.94. The number of epoxide rings is 1. The molecule has 3 saturated carbocycles. The van der Waals surface area contributed by atoms with Crippen molar-refractivity contribution in [2.45, 2.75) is 129 Å². The molecule has 5 rings (SSSR count). The molecule has 3 unspecified atom stereocenters. The molecule has 0 spiro atoms. The van der Waals surface area contributed by atoms with Crippen molar-refractivity contribution in [1.82, 2.24) is 0 Å². The highest BCUT2D eigenvalue weighted by atomic mass is 28.4. The van der Waals surface area contributed by atoms with Gasteiger partial charge in [-0.05, 0) is 99.6 Å². The van der Waals surface area contributed by atoms with E-state index >= 15 is 0 Å². The molecule has 1 aliphatic heterocycles. The first-order chi connectivity index (χ1) is 15.4. The van der Waals surface area contributed by atoms with Gasteiger partial charge in [0.1, 0.15) is 6.10 Å². The van der Waals surface area contributed by atoms with Crippen molar-refractivity contribution < 1.29 is 18.4 Å². The van der Waals surface area contributed by atoms with Crippen LogP contribution >= 0.6 is 0 Å². The average molecular weight is 505 g/mol. The van der Waals surface area contributed by atoms with Crippen molar-refractivity contribution in [3.8, 4) is 0 Å². The number of allylic oxidation sites excluding steroid dienone is 1. The lowest BCUT2D eigenvalue weighted by Crippen LogP contribution is -2.57. The number of ketones is 1. The molecule has 0 aromatic rings. The smallest absolute Gasteiger partial charge is 0.192 e. The molecule has 6 heteroatoms. The van der Waals surface area contributed by atoms with Crippen LogP contribution in [-0.2, 0) is 18.4 Å². The molecule has 5 aliphatic rings. The Morgan fingerprint density at radius 3 is 2.32 bits per heavy atom. The Balaban J connectivity index is 1.40. The van der Waals surface area contributed by atoms with Crippen molar-refractivity contribution in [2.24, 2.45) is 28.6 Å². The number of fused-ring (bicyclic) bond motifs is 7. The molecule has 0 aromatic carbocycles. The fourth-order valence-corrected chi connectivity index (χ4v) is 10.7. The van der Waals surface area contributed by atoms with Gasteiger partial charge in [0.2, 0.25) is 0 Å². The van der Waals surface area contributed by atoms with Crippen LogP contribution in [0.1, 0.15) is 73.1 Å². The number of carbonyl (C=O) groups excluding carboxylic acids is 1. The SMILES string of the molecule is CC(C)(C)[Si](C)(C)O[C@H]1CC[C@@]2(C)C(=CC(=O)C3C2CC[C@@]2(C)C3C[C@H]3O[C@]32O[Si](C)(C)C)C1. The number of rotatable bonds is 4. The first-order valence-electron chi connectivity index (χ1n) is 13.7. The number of ether oxygens (including phenoxy) is 1. The number of carbonyl (C=O) groups is 1. The van der Waals surface area contributed by atoms with Crippen LogP contribution < -0.4 is 0 Å². The van der Waals surface area contributed by atoms with Crippen LogP contribution in [0, 0.1) is 28.6 Å². The summed E-state index contributed by atoms with van der Waals surface area (Å²) in [6.45, 7) is 23.3. The highest BCUT2D eigenvalue weighted by Gasteiger charge is 2.79. The first-order valence-corrected chi connectivity index (χ1v) is 20.1. The fraction of sp³-hybridized carbons (Fsp3) is 0.893. The predicted octanol–water partition coefficient (Wildman–Crippen LogP) is 7.08. The lowest BCUT2D eigenvalue weighted by Gasteiger charge is -2.58. The molecule has 8 atom stereocenters. The van der Waals surface area contributed by atoms with Crippen molar-refractivity contribution >= 4 is 22.4 Å². The Morgan fingerprint density at radius 1 is 1.03 bits per heavy atom. The minimum Gasteiger partial charge on any atom is -0.414 e. The summed E-state index contributed by atoms with van der Waals surface area (Å²) in [4.78, 5) is 13.8. The summed E-state index contributed by atoms with van der Waals surface area (Å²) in [6, 6.07) is 0. The van der Waals surface area contributed by atoms with E-state index in [0.29, 0.717) is 17.6 Å². The number of hydrogen-bond donors (Lipinski definition) is 0. The van der Waals surface area contributed by atoms with Gasteiger partial charge in [0.25, 0.3) is 0 Å². The molecular weight excluding hydrogens is 456 g/mol. The molecule has 0 N–H and O–H groups in total. The van der Waals surface area contributed by atoms with Gasteiger partial charge in [0, 0.05) is 17.4 Å². The van der Waals surface area contributed by atoms with Crippen LogP contribution in [0.2, 0.25) is 37.8 Å². The molecule has 4 fully saturated rings. The molecule has 0 bridgehead atoms. The van der Waals surface area contributed by atoms with Gasteiger partial charge in [-0.3, -0.25) is 4.79 Å². The minimum atomic E-state index is -1.82. The molecule has 4 nitrogen and oxygen atoms in total. The van der Waals surface area contributed by atoms with Crippen LogP contribution in [-0.4, -0.2) is 40.4 Å². The lowest BCUT2D eigenvalue weighted by molar-refractivity contribution is -0.156. The van der Waals surface area contributed by atoms with Crippen LogP contribution in [0.5, 0.6) is 0 Å². The van der Waals surface area contributed by atoms with Gasteiger partial charge < -0.3 is 13.6 Å². The van der Waals surface area contributed by atoms with E-state index < -0.39 is 22.4 Å². The Morgan fingerprint density at radius 2 is 1.71 bits per heavy atom. The van der Waals surface area contributed by atoms with E-state index in [0.717, 1.165) is 38.5 Å². The van der Waals surface area contributed by atoms with E-state index in [1.54, 1.807) is 0 Å². The van der Waals surface area contributed by atoms with Gasteiger partial charge in [-0.15, -0.1) is 0 Å². The third-order valence-corrected chi connectivity index (χ3v) is 16.4. The molecule has 0 radical (unpaired) electrons. The standard InChI is InChI=1S/C28H48O4Si2/c1-25(2,3)34(9,10)31-19-11-13-26(4)18(15-19)16-22(29)24-20(26)12-14-27(5)21(24)17-23-28(27,30-23)32-33(6,7)8/h16,19-21,23-24H,11-15,17H2,1-10H3/t19-,20?,21?,23+,24?,26-,27-,28-/m0/s1. The zero-order valence-corrected chi connectivity index (χ0v) is 25.3. The van der Waals surface area contributed by atoms with Crippen LogP contribution in [0.3, 0.4) is 0 Å². The zero-order valence-electron chi connectivity index (χ0n) is 23.3. The summed E-state index contributed by atoms with van der Waals surface area (Å²) < 4.78 is 19.9. The molecule has 0 amide bonds. The third kappa shape index (κ3) is 3.56. The molecule has 192 valence electrons. The van der Waals surface area contributed by atoms with Crippen LogP contribution in [0.15, 0.2) is 11.6 Å². The zero-order chi connectivity index (χ0) is 25.1. The Kier molecular flexibility index (Phi) is 5.52. The van der Waals surface area contributed by atoms with Crippen LogP contribution in [0.25, 0.3) is 0 Å². The van der Waals surface area contributed by atoms with Gasteiger partial charge in [0.15, 0.2) is 28.2 Å². The molecule has 1 saturated heterocycles. The topological polar surface area (TPSA) is 48.1 Å². The van der Waals surface area contributed by atoms with Gasteiger partial charge in [-0.25, -0.2) is 0 Å². The highest BCUT2D eigenvalue weighted by Crippen LogP contribution is 2.73. The summed E-state index contributed by atoms with van der Waals surface area (Å²) in [5.74, 6) is 0.917. The second kappa shape index (κ2) is 7.40. The van der Waals surface area contributed by atoms with Gasteiger partial charge in [-0.1, -0.05) is 40.2 Å². The second-order valence-electron chi connectivity index (χ2n) is 15.2. The van der Waals surface area contributed by atoms with E-state index in [1.807, 2.05) is 0 Å². The molecule has 4 aliphatic carbocycles. The maximum atomic E-state index is 13.8. The first kappa shape index (κ1) is 25.4. The van der Waals surface area contributed by atoms with E-state index in [4.69, 9.17) is 13.6 Å². The number of hydrogen-bond acceptors (Lipinski definition) is 4. The van der Waals surface area contributed by atoms with E-state index in [-0.39, 0.29) is 34.0 Å². The molecule has 1 heterocycles. The molecule has 34 heavy (non-hydrogen) atoms. The quantitative estimate of drug-likeness (QED) is 0.303. The van der Waals surface area contributed by atoms with Crippen molar-refractivity contribution in [1.29, 1.82) is 0 Å². The Labute approximate surface area is 209 Å². The van der Waals surface area contributed by atoms with E-state index in [9.17, 15) is 4.79 Å². The largest absolute Gasteiger partial charge is 0.414 e. The van der Waals surface area contributed by atoms with E-state index in [2.05, 4.69) is 73.4 Å². The predicted molar refractivity (Wildman–Crippen MR) is 142 cm³/mol. The van der Waals surface area contributed by atoms with Gasteiger partial charge >= 0.3 is 0 Å². The Hall–Kier alpha value is -0.276. The summed E-state index contributed by atoms with van der Waals surface area (Å²) in [5.41, 5.74) is 1.47. The minimum absolute atomic E-state index is 0.0425. The van der Waals surface area contributed by atoms with Gasteiger partial charge in [-0.2, -0.15) is 0 Å². The fourth-order valence-electron chi connectivity index (χ4n) is 8.03. The summed E-state index contributed by atoms with van der Waals surface area (Å²) in [7, 11) is -3.57. The highest BCUT2D eigenvalue weighted by molar-refractivity contribution is 6.74. The maximum Gasteiger partial charge on any atom is 0.192 e. The molecular formula is C28H48O4Si2. The normalized spacial score (nSPS) is 46.2.